The number of hydrogen-bond acceptors (Lipinski definition) is 6. The van der Waals surface area contributed by atoms with Crippen LogP contribution >= 0.6 is 0 Å². The van der Waals surface area contributed by atoms with Gasteiger partial charge in [-0.05, 0) is 74.7 Å². The SMILES string of the molecule is COc1ccc(-c2c(C)nn(-c3ccc(CCNC(=O)NS(=O)(=O)c4ccc(C)cc4)cc3)c2C)cc1OC. The van der Waals surface area contributed by atoms with Gasteiger partial charge in [-0.1, -0.05) is 35.9 Å². The van der Waals surface area contributed by atoms with Gasteiger partial charge < -0.3 is 14.8 Å². The number of benzene rings is 3. The number of ether oxygens (including phenoxy) is 2. The van der Waals surface area contributed by atoms with Gasteiger partial charge in [-0.15, -0.1) is 0 Å². The molecule has 0 unspecified atom stereocenters. The largest absolute Gasteiger partial charge is 0.493 e. The van der Waals surface area contributed by atoms with Crippen LogP contribution in [0.25, 0.3) is 16.8 Å². The van der Waals surface area contributed by atoms with Crippen molar-refractivity contribution in [2.75, 3.05) is 20.8 Å². The van der Waals surface area contributed by atoms with Crippen LogP contribution in [0.4, 0.5) is 4.79 Å². The van der Waals surface area contributed by atoms with Gasteiger partial charge in [-0.25, -0.2) is 22.6 Å². The summed E-state index contributed by atoms with van der Waals surface area (Å²) in [5.41, 5.74) is 6.71. The molecule has 3 aromatic carbocycles. The maximum Gasteiger partial charge on any atom is 0.328 e. The van der Waals surface area contributed by atoms with Crippen molar-refractivity contribution in [1.29, 1.82) is 0 Å². The van der Waals surface area contributed by atoms with Crippen molar-refractivity contribution in [3.8, 4) is 28.3 Å². The highest BCUT2D eigenvalue weighted by atomic mass is 32.2. The van der Waals surface area contributed by atoms with Gasteiger partial charge in [-0.2, -0.15) is 5.10 Å². The average Bonchev–Trinajstić information content (AvgIpc) is 3.22. The van der Waals surface area contributed by atoms with E-state index < -0.39 is 16.1 Å². The van der Waals surface area contributed by atoms with Crippen molar-refractivity contribution < 1.29 is 22.7 Å². The second-order valence-electron chi connectivity index (χ2n) is 9.12. The number of aryl methyl sites for hydroxylation is 2. The van der Waals surface area contributed by atoms with Crippen molar-refractivity contribution in [2.45, 2.75) is 32.1 Å². The molecular formula is C29H32N4O5S. The van der Waals surface area contributed by atoms with Gasteiger partial charge in [0.1, 0.15) is 0 Å². The van der Waals surface area contributed by atoms with Crippen molar-refractivity contribution >= 4 is 16.1 Å². The van der Waals surface area contributed by atoms with Gasteiger partial charge in [0.2, 0.25) is 0 Å². The number of amides is 2. The standard InChI is InChI=1S/C29H32N4O5S/c1-19-6-13-25(14-7-19)39(35,36)32-29(34)30-17-16-22-8-11-24(12-9-22)33-21(3)28(20(2)31-33)23-10-15-26(37-4)27(18-23)38-5/h6-15,18H,16-17H2,1-5H3,(H2,30,32,34). The van der Waals surface area contributed by atoms with E-state index in [0.29, 0.717) is 17.9 Å². The fraction of sp³-hybridized carbons (Fsp3) is 0.241. The fourth-order valence-electron chi connectivity index (χ4n) is 4.36. The number of rotatable bonds is 9. The molecule has 204 valence electrons. The molecule has 0 bridgehead atoms. The molecule has 1 heterocycles. The Kier molecular flexibility index (Phi) is 8.25. The predicted molar refractivity (Wildman–Crippen MR) is 150 cm³/mol. The molecule has 0 aliphatic heterocycles. The summed E-state index contributed by atoms with van der Waals surface area (Å²) in [5, 5.41) is 7.36. The topological polar surface area (TPSA) is 112 Å². The Labute approximate surface area is 228 Å². The molecule has 1 aromatic heterocycles. The smallest absolute Gasteiger partial charge is 0.328 e. The number of carbonyl (C=O) groups excluding carboxylic acids is 1. The van der Waals surface area contributed by atoms with E-state index in [2.05, 4.69) is 5.32 Å². The van der Waals surface area contributed by atoms with E-state index in [9.17, 15) is 13.2 Å². The lowest BCUT2D eigenvalue weighted by atomic mass is 10.0. The van der Waals surface area contributed by atoms with Gasteiger partial charge >= 0.3 is 6.03 Å². The van der Waals surface area contributed by atoms with E-state index in [0.717, 1.165) is 39.3 Å². The Morgan fingerprint density at radius 2 is 1.56 bits per heavy atom. The summed E-state index contributed by atoms with van der Waals surface area (Å²) >= 11 is 0. The molecule has 0 saturated carbocycles. The molecule has 2 amide bonds. The number of methoxy groups -OCH3 is 2. The van der Waals surface area contributed by atoms with E-state index in [1.165, 1.54) is 12.1 Å². The highest BCUT2D eigenvalue weighted by Crippen LogP contribution is 2.35. The molecule has 2 N–H and O–H groups in total. The minimum atomic E-state index is -3.93. The zero-order chi connectivity index (χ0) is 28.2. The summed E-state index contributed by atoms with van der Waals surface area (Å²) in [5.74, 6) is 1.32. The first-order chi connectivity index (χ1) is 18.6. The Morgan fingerprint density at radius 3 is 2.21 bits per heavy atom. The van der Waals surface area contributed by atoms with Crippen LogP contribution in [-0.2, 0) is 16.4 Å². The number of hydrogen-bond donors (Lipinski definition) is 2. The molecular weight excluding hydrogens is 516 g/mol. The number of nitrogens with zero attached hydrogens (tertiary/aromatic N) is 2. The monoisotopic (exact) mass is 548 g/mol. The van der Waals surface area contributed by atoms with Crippen LogP contribution in [0.5, 0.6) is 11.5 Å². The van der Waals surface area contributed by atoms with Crippen molar-refractivity contribution in [1.82, 2.24) is 19.8 Å². The van der Waals surface area contributed by atoms with Crippen LogP contribution < -0.4 is 19.5 Å². The first-order valence-electron chi connectivity index (χ1n) is 12.4. The predicted octanol–water partition coefficient (Wildman–Crippen LogP) is 4.71. The van der Waals surface area contributed by atoms with E-state index in [4.69, 9.17) is 14.6 Å². The molecule has 0 saturated heterocycles. The van der Waals surface area contributed by atoms with E-state index in [1.54, 1.807) is 26.4 Å². The zero-order valence-electron chi connectivity index (χ0n) is 22.6. The normalized spacial score (nSPS) is 11.2. The third-order valence-electron chi connectivity index (χ3n) is 6.40. The maximum atomic E-state index is 12.4. The third kappa shape index (κ3) is 6.23. The first kappa shape index (κ1) is 27.7. The maximum absolute atomic E-state index is 12.4. The Morgan fingerprint density at radius 1 is 0.897 bits per heavy atom. The molecule has 4 rings (SSSR count). The van der Waals surface area contributed by atoms with Gasteiger partial charge in [0.15, 0.2) is 11.5 Å². The lowest BCUT2D eigenvalue weighted by Gasteiger charge is -2.11. The number of sulfonamides is 1. The quantitative estimate of drug-likeness (QED) is 0.313. The summed E-state index contributed by atoms with van der Waals surface area (Å²) in [7, 11) is -0.704. The van der Waals surface area contributed by atoms with Crippen molar-refractivity contribution in [3.05, 3.63) is 89.2 Å². The Hall–Kier alpha value is -4.31. The molecule has 10 heteroatoms. The van der Waals surface area contributed by atoms with Gasteiger partial charge in [-0.3, -0.25) is 0 Å². The lowest BCUT2D eigenvalue weighted by molar-refractivity contribution is 0.246. The van der Waals surface area contributed by atoms with Crippen LogP contribution in [0, 0.1) is 20.8 Å². The molecule has 4 aromatic rings. The Balaban J connectivity index is 1.39. The first-order valence-corrected chi connectivity index (χ1v) is 13.9. The molecule has 0 aliphatic rings. The number of aromatic nitrogens is 2. The summed E-state index contributed by atoms with van der Waals surface area (Å²) in [4.78, 5) is 12.2. The van der Waals surface area contributed by atoms with Gasteiger partial charge in [0.25, 0.3) is 10.0 Å². The van der Waals surface area contributed by atoms with E-state index in [1.807, 2.05) is 72.6 Å². The highest BCUT2D eigenvalue weighted by Gasteiger charge is 2.18. The van der Waals surface area contributed by atoms with E-state index >= 15 is 0 Å². The van der Waals surface area contributed by atoms with Gasteiger partial charge in [0, 0.05) is 17.8 Å². The fourth-order valence-corrected chi connectivity index (χ4v) is 5.29. The third-order valence-corrected chi connectivity index (χ3v) is 7.75. The van der Waals surface area contributed by atoms with Crippen molar-refractivity contribution in [3.63, 3.8) is 0 Å². The number of urea groups is 1. The molecule has 0 atom stereocenters. The van der Waals surface area contributed by atoms with E-state index in [-0.39, 0.29) is 11.4 Å². The van der Waals surface area contributed by atoms with Crippen molar-refractivity contribution in [2.24, 2.45) is 0 Å². The van der Waals surface area contributed by atoms with Crippen LogP contribution in [0.1, 0.15) is 22.5 Å². The molecule has 39 heavy (non-hydrogen) atoms. The summed E-state index contributed by atoms with van der Waals surface area (Å²) < 4.78 is 39.5. The molecule has 0 fully saturated rings. The Bertz CT molecular complexity index is 1580. The minimum absolute atomic E-state index is 0.0391. The van der Waals surface area contributed by atoms with Gasteiger partial charge in [0.05, 0.1) is 30.5 Å². The molecule has 0 aliphatic carbocycles. The highest BCUT2D eigenvalue weighted by molar-refractivity contribution is 7.90. The number of nitrogens with one attached hydrogen (secondary N) is 2. The zero-order valence-corrected chi connectivity index (χ0v) is 23.4. The molecule has 0 radical (unpaired) electrons. The molecule has 9 nitrogen and oxygen atoms in total. The summed E-state index contributed by atoms with van der Waals surface area (Å²) in [6, 6.07) is 19.2. The summed E-state index contributed by atoms with van der Waals surface area (Å²) in [6.45, 7) is 6.13. The van der Waals surface area contributed by atoms with Crippen LogP contribution in [-0.4, -0.2) is 45.0 Å². The number of carbonyl (C=O) groups is 1. The average molecular weight is 549 g/mol. The minimum Gasteiger partial charge on any atom is -0.493 e. The second kappa shape index (κ2) is 11.6. The van der Waals surface area contributed by atoms with Crippen LogP contribution in [0.3, 0.4) is 0 Å². The second-order valence-corrected chi connectivity index (χ2v) is 10.8. The summed E-state index contributed by atoms with van der Waals surface area (Å²) in [6.07, 6.45) is 0.534. The van der Waals surface area contributed by atoms with Crippen LogP contribution in [0.15, 0.2) is 71.6 Å². The van der Waals surface area contributed by atoms with Crippen LogP contribution in [0.2, 0.25) is 0 Å². The molecule has 0 spiro atoms. The lowest BCUT2D eigenvalue weighted by Crippen LogP contribution is -2.40.